The van der Waals surface area contributed by atoms with E-state index in [1.165, 1.54) is 12.1 Å². The number of carbonyl (C=O) groups is 1. The van der Waals surface area contributed by atoms with E-state index in [2.05, 4.69) is 5.32 Å². The second-order valence-electron chi connectivity index (χ2n) is 4.34. The van der Waals surface area contributed by atoms with Crippen LogP contribution >= 0.6 is 34.8 Å². The second-order valence-corrected chi connectivity index (χ2v) is 6.71. The molecule has 1 amide bonds. The molecule has 0 aliphatic carbocycles. The Balaban J connectivity index is 2.17. The largest absolute Gasteiger partial charge is 0.507 e. The lowest BCUT2D eigenvalue weighted by molar-refractivity contribution is 0.0830. The van der Waals surface area contributed by atoms with Crippen LogP contribution in [0, 0.1) is 0 Å². The molecule has 0 aliphatic rings. The third-order valence-corrected chi connectivity index (χ3v) is 3.30. The first-order chi connectivity index (χ1) is 10.4. The highest BCUT2D eigenvalue weighted by atomic mass is 35.6. The van der Waals surface area contributed by atoms with Crippen LogP contribution in [0.2, 0.25) is 0 Å². The molecule has 2 rings (SSSR count). The van der Waals surface area contributed by atoms with Crippen molar-refractivity contribution in [2.24, 2.45) is 0 Å². The first kappa shape index (κ1) is 16.7. The van der Waals surface area contributed by atoms with Gasteiger partial charge in [0.15, 0.2) is 0 Å². The van der Waals surface area contributed by atoms with E-state index in [1.807, 2.05) is 0 Å². The summed E-state index contributed by atoms with van der Waals surface area (Å²) in [5.41, 5.74) is 0.0541. The summed E-state index contributed by atoms with van der Waals surface area (Å²) in [7, 11) is 0. The number of para-hydroxylation sites is 2. The van der Waals surface area contributed by atoms with E-state index in [0.717, 1.165) is 0 Å². The van der Waals surface area contributed by atoms with Crippen LogP contribution in [0.1, 0.15) is 10.4 Å². The van der Waals surface area contributed by atoms with Crippen molar-refractivity contribution in [1.29, 1.82) is 0 Å². The van der Waals surface area contributed by atoms with E-state index in [-0.39, 0.29) is 11.3 Å². The number of phenols is 1. The molecule has 0 fully saturated rings. The average Bonchev–Trinajstić information content (AvgIpc) is 2.47. The summed E-state index contributed by atoms with van der Waals surface area (Å²) in [5, 5.41) is 12.1. The Morgan fingerprint density at radius 2 is 1.64 bits per heavy atom. The van der Waals surface area contributed by atoms with Crippen molar-refractivity contribution in [3.05, 3.63) is 60.2 Å². The number of phenolic OH excluding ortho intramolecular Hbond substituents is 1. The van der Waals surface area contributed by atoms with Crippen LogP contribution in [0.25, 0.3) is 0 Å². The first-order valence-corrected chi connectivity index (χ1v) is 7.38. The van der Waals surface area contributed by atoms with Crippen molar-refractivity contribution < 1.29 is 14.6 Å². The fourth-order valence-electron chi connectivity index (χ4n) is 1.68. The van der Waals surface area contributed by atoms with E-state index >= 15 is 0 Å². The van der Waals surface area contributed by atoms with Gasteiger partial charge in [-0.25, -0.2) is 0 Å². The van der Waals surface area contributed by atoms with Gasteiger partial charge >= 0.3 is 0 Å². The number of amides is 1. The number of halogens is 3. The Labute approximate surface area is 142 Å². The molecule has 4 nitrogen and oxygen atoms in total. The number of hydrogen-bond donors (Lipinski definition) is 2. The molecule has 0 radical (unpaired) electrons. The molecular weight excluding hydrogens is 349 g/mol. The smallest absolute Gasteiger partial charge is 0.257 e. The van der Waals surface area contributed by atoms with Gasteiger partial charge in [0.2, 0.25) is 10.0 Å². The molecule has 1 unspecified atom stereocenters. The van der Waals surface area contributed by atoms with E-state index in [0.29, 0.717) is 5.75 Å². The molecule has 22 heavy (non-hydrogen) atoms. The highest BCUT2D eigenvalue weighted by Crippen LogP contribution is 2.32. The Morgan fingerprint density at radius 1 is 1.05 bits per heavy atom. The van der Waals surface area contributed by atoms with Gasteiger partial charge in [0, 0.05) is 0 Å². The molecule has 7 heteroatoms. The van der Waals surface area contributed by atoms with E-state index in [9.17, 15) is 9.90 Å². The third-order valence-electron chi connectivity index (χ3n) is 2.71. The molecule has 2 N–H and O–H groups in total. The number of rotatable bonds is 4. The van der Waals surface area contributed by atoms with Crippen molar-refractivity contribution in [1.82, 2.24) is 5.32 Å². The van der Waals surface area contributed by atoms with Crippen LogP contribution in [-0.2, 0) is 0 Å². The molecule has 0 aliphatic heterocycles. The van der Waals surface area contributed by atoms with Crippen LogP contribution in [0.15, 0.2) is 54.6 Å². The van der Waals surface area contributed by atoms with Gasteiger partial charge in [0.25, 0.3) is 5.91 Å². The van der Waals surface area contributed by atoms with Gasteiger partial charge in [-0.15, -0.1) is 0 Å². The predicted octanol–water partition coefficient (Wildman–Crippen LogP) is 3.90. The molecule has 1 atom stereocenters. The lowest BCUT2D eigenvalue weighted by Crippen LogP contribution is -2.47. The van der Waals surface area contributed by atoms with Crippen molar-refractivity contribution in [2.45, 2.75) is 10.0 Å². The molecule has 0 aromatic heterocycles. The van der Waals surface area contributed by atoms with Crippen molar-refractivity contribution in [3.63, 3.8) is 0 Å². The van der Waals surface area contributed by atoms with E-state index < -0.39 is 15.9 Å². The number of ether oxygens (including phenoxy) is 1. The molecule has 0 saturated heterocycles. The maximum Gasteiger partial charge on any atom is 0.257 e. The molecule has 2 aromatic rings. The van der Waals surface area contributed by atoms with Crippen molar-refractivity contribution in [2.75, 3.05) is 0 Å². The maximum atomic E-state index is 12.2. The van der Waals surface area contributed by atoms with Crippen LogP contribution in [0.3, 0.4) is 0 Å². The predicted molar refractivity (Wildman–Crippen MR) is 86.7 cm³/mol. The summed E-state index contributed by atoms with van der Waals surface area (Å²) in [6.45, 7) is 0. The zero-order valence-electron chi connectivity index (χ0n) is 11.2. The molecule has 0 spiro atoms. The minimum atomic E-state index is -1.89. The van der Waals surface area contributed by atoms with Gasteiger partial charge in [-0.05, 0) is 24.3 Å². The lowest BCUT2D eigenvalue weighted by Gasteiger charge is -2.26. The zero-order valence-corrected chi connectivity index (χ0v) is 13.4. The minimum absolute atomic E-state index is 0.0541. The monoisotopic (exact) mass is 359 g/mol. The third kappa shape index (κ3) is 4.44. The van der Waals surface area contributed by atoms with Gasteiger partial charge < -0.3 is 15.2 Å². The minimum Gasteiger partial charge on any atom is -0.507 e. The fraction of sp³-hybridized carbons (Fsp3) is 0.133. The fourth-order valence-corrected chi connectivity index (χ4v) is 1.97. The van der Waals surface area contributed by atoms with Crippen LogP contribution < -0.4 is 10.1 Å². The van der Waals surface area contributed by atoms with Gasteiger partial charge in [-0.3, -0.25) is 4.79 Å². The summed E-state index contributed by atoms with van der Waals surface area (Å²) in [6, 6.07) is 14.7. The Bertz CT molecular complexity index is 644. The molecule has 0 bridgehead atoms. The van der Waals surface area contributed by atoms with Gasteiger partial charge in [0.1, 0.15) is 11.5 Å². The quantitative estimate of drug-likeness (QED) is 0.642. The number of carbonyl (C=O) groups excluding carboxylic acids is 1. The topological polar surface area (TPSA) is 58.6 Å². The zero-order chi connectivity index (χ0) is 16.2. The van der Waals surface area contributed by atoms with Crippen molar-refractivity contribution >= 4 is 40.7 Å². The lowest BCUT2D eigenvalue weighted by atomic mass is 10.2. The average molecular weight is 361 g/mol. The van der Waals surface area contributed by atoms with E-state index in [4.69, 9.17) is 39.5 Å². The molecule has 0 saturated carbocycles. The number of benzene rings is 2. The Kier molecular flexibility index (Phi) is 5.40. The first-order valence-electron chi connectivity index (χ1n) is 6.25. The second kappa shape index (κ2) is 7.09. The van der Waals surface area contributed by atoms with Gasteiger partial charge in [-0.1, -0.05) is 65.1 Å². The number of hydrogen-bond acceptors (Lipinski definition) is 3. The number of nitrogens with one attached hydrogen (secondary N) is 1. The van der Waals surface area contributed by atoms with Crippen LogP contribution in [0.5, 0.6) is 11.5 Å². The van der Waals surface area contributed by atoms with Crippen LogP contribution in [0.4, 0.5) is 0 Å². The van der Waals surface area contributed by atoms with E-state index in [1.54, 1.807) is 42.5 Å². The SMILES string of the molecule is O=C(NC(Oc1ccccc1)C(Cl)(Cl)Cl)c1ccccc1O. The summed E-state index contributed by atoms with van der Waals surface area (Å²) < 4.78 is 3.61. The highest BCUT2D eigenvalue weighted by Gasteiger charge is 2.36. The summed E-state index contributed by atoms with van der Waals surface area (Å²) >= 11 is 17.5. The maximum absolute atomic E-state index is 12.2. The standard InChI is InChI=1S/C15H12Cl3NO3/c16-15(17,18)14(22-10-6-2-1-3-7-10)19-13(21)11-8-4-5-9-12(11)20/h1-9,14,20H,(H,19,21). The Hall–Kier alpha value is -1.62. The Morgan fingerprint density at radius 3 is 2.23 bits per heavy atom. The molecular formula is C15H12Cl3NO3. The van der Waals surface area contributed by atoms with Gasteiger partial charge in [-0.2, -0.15) is 0 Å². The summed E-state index contributed by atoms with van der Waals surface area (Å²) in [5.74, 6) is -0.371. The highest BCUT2D eigenvalue weighted by molar-refractivity contribution is 6.68. The summed E-state index contributed by atoms with van der Waals surface area (Å²) in [4.78, 5) is 12.2. The number of alkyl halides is 3. The van der Waals surface area contributed by atoms with Crippen LogP contribution in [-0.4, -0.2) is 21.0 Å². The summed E-state index contributed by atoms with van der Waals surface area (Å²) in [6.07, 6.45) is -1.23. The molecule has 116 valence electrons. The van der Waals surface area contributed by atoms with Gasteiger partial charge in [0.05, 0.1) is 5.56 Å². The normalized spacial score (nSPS) is 12.5. The molecule has 2 aromatic carbocycles. The van der Waals surface area contributed by atoms with Crippen molar-refractivity contribution in [3.8, 4) is 11.5 Å². The number of aromatic hydroxyl groups is 1. The molecule has 0 heterocycles.